The van der Waals surface area contributed by atoms with E-state index in [4.69, 9.17) is 0 Å². The normalized spacial score (nSPS) is 23.7. The summed E-state index contributed by atoms with van der Waals surface area (Å²) in [6.45, 7) is 0. The minimum absolute atomic E-state index is 0.0237. The number of rotatable bonds is 3. The van der Waals surface area contributed by atoms with Crippen molar-refractivity contribution in [2.24, 2.45) is 0 Å². The van der Waals surface area contributed by atoms with Crippen LogP contribution in [0.4, 0.5) is 4.39 Å². The van der Waals surface area contributed by atoms with Crippen LogP contribution in [0, 0.1) is 5.82 Å². The topological polar surface area (TPSA) is 49.3 Å². The zero-order valence-corrected chi connectivity index (χ0v) is 10.2. The zero-order chi connectivity index (χ0) is 13.0. The average Bonchev–Trinajstić information content (AvgIpc) is 2.35. The van der Waals surface area contributed by atoms with E-state index in [0.29, 0.717) is 5.56 Å². The van der Waals surface area contributed by atoms with E-state index in [1.165, 1.54) is 6.07 Å². The standard InChI is InChI=1S/C14H18FNO2/c15-11-6-2-1-5-10(11)9-14(18)16-12-7-3-4-8-13(12)17/h1-2,5-6,12-13,17H,3-4,7-9H2,(H,16,18)/t12-,13-/m0/s1. The highest BCUT2D eigenvalue weighted by Crippen LogP contribution is 2.18. The Hall–Kier alpha value is -1.42. The molecule has 2 rings (SSSR count). The van der Waals surface area contributed by atoms with Crippen LogP contribution in [0.1, 0.15) is 31.2 Å². The molecule has 0 aliphatic heterocycles. The van der Waals surface area contributed by atoms with E-state index in [1.807, 2.05) is 0 Å². The molecular weight excluding hydrogens is 233 g/mol. The van der Waals surface area contributed by atoms with Gasteiger partial charge in [0.15, 0.2) is 0 Å². The van der Waals surface area contributed by atoms with Gasteiger partial charge in [-0.3, -0.25) is 4.79 Å². The maximum Gasteiger partial charge on any atom is 0.224 e. The minimum atomic E-state index is -0.469. The Bertz CT molecular complexity index is 422. The molecule has 98 valence electrons. The molecule has 1 fully saturated rings. The molecule has 0 unspecified atom stereocenters. The number of carbonyl (C=O) groups excluding carboxylic acids is 1. The lowest BCUT2D eigenvalue weighted by atomic mass is 9.92. The fourth-order valence-electron chi connectivity index (χ4n) is 2.35. The summed E-state index contributed by atoms with van der Waals surface area (Å²) in [6.07, 6.45) is 3.09. The van der Waals surface area contributed by atoms with Gasteiger partial charge in [0.2, 0.25) is 5.91 Å². The number of hydrogen-bond acceptors (Lipinski definition) is 2. The maximum absolute atomic E-state index is 13.4. The van der Waals surface area contributed by atoms with Gasteiger partial charge in [-0.25, -0.2) is 4.39 Å². The van der Waals surface area contributed by atoms with Crippen LogP contribution in [0.25, 0.3) is 0 Å². The third-order valence-corrected chi connectivity index (χ3v) is 3.38. The van der Waals surface area contributed by atoms with E-state index in [1.54, 1.807) is 18.2 Å². The molecule has 2 atom stereocenters. The largest absolute Gasteiger partial charge is 0.391 e. The molecule has 18 heavy (non-hydrogen) atoms. The van der Waals surface area contributed by atoms with Crippen molar-refractivity contribution in [3.8, 4) is 0 Å². The fraction of sp³-hybridized carbons (Fsp3) is 0.500. The molecule has 1 aromatic carbocycles. The molecule has 2 N–H and O–H groups in total. The Morgan fingerprint density at radius 2 is 2.06 bits per heavy atom. The second-order valence-electron chi connectivity index (χ2n) is 4.79. The first-order valence-corrected chi connectivity index (χ1v) is 6.37. The van der Waals surface area contributed by atoms with Gasteiger partial charge >= 0.3 is 0 Å². The number of nitrogens with one attached hydrogen (secondary N) is 1. The molecule has 1 amide bonds. The Morgan fingerprint density at radius 3 is 2.78 bits per heavy atom. The molecule has 4 heteroatoms. The average molecular weight is 251 g/mol. The van der Waals surface area contributed by atoms with Gasteiger partial charge in [-0.1, -0.05) is 31.0 Å². The van der Waals surface area contributed by atoms with Crippen LogP contribution in [0.15, 0.2) is 24.3 Å². The summed E-state index contributed by atoms with van der Waals surface area (Å²) in [7, 11) is 0. The molecule has 0 spiro atoms. The van der Waals surface area contributed by atoms with Crippen molar-refractivity contribution in [3.63, 3.8) is 0 Å². The number of carbonyl (C=O) groups is 1. The Kier molecular flexibility index (Phi) is 4.31. The number of aliphatic hydroxyl groups is 1. The molecule has 0 radical (unpaired) electrons. The summed E-state index contributed by atoms with van der Waals surface area (Å²) in [5.74, 6) is -0.595. The molecule has 1 aliphatic rings. The second-order valence-corrected chi connectivity index (χ2v) is 4.79. The third kappa shape index (κ3) is 3.29. The summed E-state index contributed by atoms with van der Waals surface area (Å²) in [6, 6.07) is 6.07. The summed E-state index contributed by atoms with van der Waals surface area (Å²) in [5, 5.41) is 12.5. The third-order valence-electron chi connectivity index (χ3n) is 3.38. The molecule has 3 nitrogen and oxygen atoms in total. The van der Waals surface area contributed by atoms with E-state index in [-0.39, 0.29) is 24.2 Å². The summed E-state index contributed by atoms with van der Waals surface area (Å²) in [4.78, 5) is 11.8. The second kappa shape index (κ2) is 5.96. The number of amides is 1. The SMILES string of the molecule is O=C(Cc1ccccc1F)N[C@H]1CCCC[C@@H]1O. The lowest BCUT2D eigenvalue weighted by Gasteiger charge is -2.28. The Labute approximate surface area is 106 Å². The van der Waals surface area contributed by atoms with E-state index in [9.17, 15) is 14.3 Å². The van der Waals surface area contributed by atoms with Gasteiger partial charge < -0.3 is 10.4 Å². The van der Waals surface area contributed by atoms with Crippen molar-refractivity contribution in [1.82, 2.24) is 5.32 Å². The molecule has 0 heterocycles. The molecule has 1 saturated carbocycles. The van der Waals surface area contributed by atoms with Crippen molar-refractivity contribution in [3.05, 3.63) is 35.6 Å². The molecule has 0 saturated heterocycles. The van der Waals surface area contributed by atoms with Gasteiger partial charge in [0.05, 0.1) is 18.6 Å². The van der Waals surface area contributed by atoms with Crippen LogP contribution in [0.5, 0.6) is 0 Å². The van der Waals surface area contributed by atoms with Crippen LogP contribution in [-0.4, -0.2) is 23.2 Å². The summed E-state index contributed by atoms with van der Waals surface area (Å²) >= 11 is 0. The summed E-state index contributed by atoms with van der Waals surface area (Å²) in [5.41, 5.74) is 0.389. The van der Waals surface area contributed by atoms with Gasteiger partial charge in [-0.05, 0) is 24.5 Å². The monoisotopic (exact) mass is 251 g/mol. The maximum atomic E-state index is 13.4. The predicted octanol–water partition coefficient (Wildman–Crippen LogP) is 1.79. The lowest BCUT2D eigenvalue weighted by molar-refractivity contribution is -0.122. The van der Waals surface area contributed by atoms with Crippen molar-refractivity contribution >= 4 is 5.91 Å². The number of benzene rings is 1. The smallest absolute Gasteiger partial charge is 0.224 e. The number of aliphatic hydroxyl groups excluding tert-OH is 1. The minimum Gasteiger partial charge on any atom is -0.391 e. The van der Waals surface area contributed by atoms with Crippen molar-refractivity contribution in [2.75, 3.05) is 0 Å². The number of hydrogen-bond donors (Lipinski definition) is 2. The van der Waals surface area contributed by atoms with Gasteiger partial charge in [0.25, 0.3) is 0 Å². The Balaban J connectivity index is 1.90. The predicted molar refractivity (Wildman–Crippen MR) is 66.5 cm³/mol. The highest BCUT2D eigenvalue weighted by molar-refractivity contribution is 5.79. The van der Waals surface area contributed by atoms with Crippen molar-refractivity contribution < 1.29 is 14.3 Å². The van der Waals surface area contributed by atoms with E-state index >= 15 is 0 Å². The molecule has 0 bridgehead atoms. The lowest BCUT2D eigenvalue weighted by Crippen LogP contribution is -2.45. The van der Waals surface area contributed by atoms with Crippen LogP contribution in [-0.2, 0) is 11.2 Å². The molecule has 1 aromatic rings. The zero-order valence-electron chi connectivity index (χ0n) is 10.2. The van der Waals surface area contributed by atoms with Crippen molar-refractivity contribution in [2.45, 2.75) is 44.2 Å². The quantitative estimate of drug-likeness (QED) is 0.860. The summed E-state index contributed by atoms with van der Waals surface area (Å²) < 4.78 is 13.4. The van der Waals surface area contributed by atoms with Gasteiger partial charge in [0, 0.05) is 0 Å². The van der Waals surface area contributed by atoms with Crippen molar-refractivity contribution in [1.29, 1.82) is 0 Å². The fourth-order valence-corrected chi connectivity index (χ4v) is 2.35. The van der Waals surface area contributed by atoms with Crippen LogP contribution in [0.3, 0.4) is 0 Å². The molecular formula is C14H18FNO2. The van der Waals surface area contributed by atoms with Crippen LogP contribution < -0.4 is 5.32 Å². The van der Waals surface area contributed by atoms with Gasteiger partial charge in [-0.2, -0.15) is 0 Å². The number of halogens is 1. The first-order chi connectivity index (χ1) is 8.66. The van der Waals surface area contributed by atoms with Crippen LogP contribution >= 0.6 is 0 Å². The van der Waals surface area contributed by atoms with E-state index < -0.39 is 6.10 Å². The van der Waals surface area contributed by atoms with Gasteiger partial charge in [0.1, 0.15) is 5.82 Å². The highest BCUT2D eigenvalue weighted by Gasteiger charge is 2.24. The highest BCUT2D eigenvalue weighted by atomic mass is 19.1. The van der Waals surface area contributed by atoms with E-state index in [0.717, 1.165) is 25.7 Å². The first kappa shape index (κ1) is 13.0. The Morgan fingerprint density at radius 1 is 1.33 bits per heavy atom. The molecule has 0 aromatic heterocycles. The molecule has 1 aliphatic carbocycles. The first-order valence-electron chi connectivity index (χ1n) is 6.37. The van der Waals surface area contributed by atoms with Gasteiger partial charge in [-0.15, -0.1) is 0 Å². The van der Waals surface area contributed by atoms with Crippen LogP contribution in [0.2, 0.25) is 0 Å². The van der Waals surface area contributed by atoms with E-state index in [2.05, 4.69) is 5.32 Å².